The number of para-hydroxylation sites is 2. The van der Waals surface area contributed by atoms with E-state index in [0.717, 1.165) is 52.9 Å². The van der Waals surface area contributed by atoms with Gasteiger partial charge in [0.2, 0.25) is 0 Å². The lowest BCUT2D eigenvalue weighted by Crippen LogP contribution is -2.49. The lowest BCUT2D eigenvalue weighted by Gasteiger charge is -2.40. The molecule has 1 aromatic carbocycles. The Bertz CT molecular complexity index is 1610. The van der Waals surface area contributed by atoms with Gasteiger partial charge in [-0.25, -0.2) is 15.0 Å². The zero-order valence-corrected chi connectivity index (χ0v) is 21.5. The first kappa shape index (κ1) is 23.0. The topological polar surface area (TPSA) is 114 Å². The van der Waals surface area contributed by atoms with Crippen LogP contribution in [-0.4, -0.2) is 44.1 Å². The number of nitrogens with one attached hydrogen (secondary N) is 3. The summed E-state index contributed by atoms with van der Waals surface area (Å²) < 4.78 is 5.82. The Morgan fingerprint density at radius 1 is 1.00 bits per heavy atom. The van der Waals surface area contributed by atoms with Crippen LogP contribution in [0, 0.1) is 5.41 Å². The number of hydrogen-bond donors (Lipinski definition) is 3. The van der Waals surface area contributed by atoms with Gasteiger partial charge in [0.05, 0.1) is 11.7 Å². The van der Waals surface area contributed by atoms with Gasteiger partial charge in [-0.15, -0.1) is 0 Å². The van der Waals surface area contributed by atoms with Gasteiger partial charge in [0, 0.05) is 35.9 Å². The average molecular weight is 507 g/mol. The van der Waals surface area contributed by atoms with Crippen LogP contribution in [0.3, 0.4) is 0 Å². The molecule has 0 spiro atoms. The highest BCUT2D eigenvalue weighted by molar-refractivity contribution is 5.93. The second-order valence-electron chi connectivity index (χ2n) is 11.0. The Morgan fingerprint density at radius 3 is 2.74 bits per heavy atom. The second kappa shape index (κ2) is 9.02. The van der Waals surface area contributed by atoms with Gasteiger partial charge < -0.3 is 15.1 Å². The second-order valence-corrected chi connectivity index (χ2v) is 11.0. The Labute approximate surface area is 220 Å². The largest absolute Gasteiger partial charge is 0.423 e. The van der Waals surface area contributed by atoms with E-state index in [-0.39, 0.29) is 5.41 Å². The molecule has 1 atom stereocenters. The molecule has 1 aliphatic heterocycles. The summed E-state index contributed by atoms with van der Waals surface area (Å²) in [5, 5.41) is 11.7. The molecule has 1 aliphatic carbocycles. The summed E-state index contributed by atoms with van der Waals surface area (Å²) in [5.74, 6) is 2.66. The van der Waals surface area contributed by atoms with Crippen molar-refractivity contribution in [3.8, 4) is 11.4 Å². The van der Waals surface area contributed by atoms with Gasteiger partial charge in [0.25, 0.3) is 0 Å². The van der Waals surface area contributed by atoms with Crippen molar-refractivity contribution in [3.63, 3.8) is 0 Å². The van der Waals surface area contributed by atoms with Crippen molar-refractivity contribution in [1.82, 2.24) is 30.2 Å². The highest BCUT2D eigenvalue weighted by Crippen LogP contribution is 2.44. The minimum atomic E-state index is 0.0931. The summed E-state index contributed by atoms with van der Waals surface area (Å²) in [5.41, 5.74) is 4.56. The van der Waals surface area contributed by atoms with Crippen molar-refractivity contribution < 1.29 is 4.42 Å². The fraction of sp³-hybridized carbons (Fsp3) is 0.345. The van der Waals surface area contributed by atoms with E-state index in [1.165, 1.54) is 18.4 Å². The number of hydrogen-bond acceptors (Lipinski definition) is 9. The Kier molecular flexibility index (Phi) is 5.47. The van der Waals surface area contributed by atoms with E-state index in [9.17, 15) is 0 Å². The molecule has 0 amide bonds. The van der Waals surface area contributed by atoms with Crippen LogP contribution in [0.4, 0.5) is 17.7 Å². The first-order chi connectivity index (χ1) is 18.5. The molecule has 2 fully saturated rings. The summed E-state index contributed by atoms with van der Waals surface area (Å²) in [6.07, 6.45) is 9.01. The number of piperidine rings is 1. The molecule has 1 saturated heterocycles. The Balaban J connectivity index is 1.28. The number of oxazole rings is 1. The zero-order valence-electron chi connectivity index (χ0n) is 21.5. The van der Waals surface area contributed by atoms with Gasteiger partial charge in [-0.3, -0.25) is 10.3 Å². The van der Waals surface area contributed by atoms with Crippen LogP contribution in [0.1, 0.15) is 44.6 Å². The average Bonchev–Trinajstić information content (AvgIpc) is 3.69. The van der Waals surface area contributed by atoms with Gasteiger partial charge >= 0.3 is 6.01 Å². The third kappa shape index (κ3) is 4.32. The fourth-order valence-corrected chi connectivity index (χ4v) is 5.32. The van der Waals surface area contributed by atoms with Crippen LogP contribution in [0.5, 0.6) is 0 Å². The molecular formula is C29H30N8O. The maximum absolute atomic E-state index is 5.82. The highest BCUT2D eigenvalue weighted by Gasteiger charge is 2.34. The molecule has 5 heterocycles. The molecule has 192 valence electrons. The molecule has 1 saturated carbocycles. The fourth-order valence-electron chi connectivity index (χ4n) is 5.32. The van der Waals surface area contributed by atoms with Gasteiger partial charge in [0.1, 0.15) is 17.2 Å². The van der Waals surface area contributed by atoms with Crippen molar-refractivity contribution in [2.75, 3.05) is 23.7 Å². The molecule has 3 N–H and O–H groups in total. The van der Waals surface area contributed by atoms with E-state index < -0.39 is 0 Å². The van der Waals surface area contributed by atoms with Gasteiger partial charge in [0.15, 0.2) is 11.4 Å². The summed E-state index contributed by atoms with van der Waals surface area (Å²) >= 11 is 0. The van der Waals surface area contributed by atoms with Crippen LogP contribution >= 0.6 is 0 Å². The smallest absolute Gasteiger partial charge is 0.301 e. The summed E-state index contributed by atoms with van der Waals surface area (Å²) in [6, 6.07) is 12.2. The number of benzene rings is 1. The molecule has 0 radical (unpaired) electrons. The van der Waals surface area contributed by atoms with E-state index >= 15 is 0 Å². The molecule has 9 heteroatoms. The maximum atomic E-state index is 5.82. The number of pyridine rings is 2. The van der Waals surface area contributed by atoms with Crippen LogP contribution < -0.4 is 16.0 Å². The van der Waals surface area contributed by atoms with E-state index in [2.05, 4.69) is 44.7 Å². The molecule has 0 bridgehead atoms. The summed E-state index contributed by atoms with van der Waals surface area (Å²) in [4.78, 5) is 23.6. The molecule has 5 aromatic rings. The Hall–Kier alpha value is -4.11. The number of rotatable bonds is 6. The van der Waals surface area contributed by atoms with Gasteiger partial charge in [-0.05, 0) is 67.0 Å². The summed E-state index contributed by atoms with van der Waals surface area (Å²) in [6.45, 7) is 6.56. The first-order valence-corrected chi connectivity index (χ1v) is 13.3. The van der Waals surface area contributed by atoms with Crippen molar-refractivity contribution in [2.45, 2.75) is 45.1 Å². The normalized spacial score (nSPS) is 19.1. The van der Waals surface area contributed by atoms with Crippen molar-refractivity contribution in [1.29, 1.82) is 0 Å². The van der Waals surface area contributed by atoms with Crippen LogP contribution in [0.25, 0.3) is 33.4 Å². The number of fused-ring (bicyclic) bond motifs is 2. The van der Waals surface area contributed by atoms with Crippen LogP contribution in [0.2, 0.25) is 0 Å². The monoisotopic (exact) mass is 506 g/mol. The first-order valence-electron chi connectivity index (χ1n) is 13.3. The molecule has 9 nitrogen and oxygen atoms in total. The van der Waals surface area contributed by atoms with E-state index in [1.807, 2.05) is 48.8 Å². The van der Waals surface area contributed by atoms with Crippen molar-refractivity contribution in [2.24, 2.45) is 5.41 Å². The minimum Gasteiger partial charge on any atom is -0.423 e. The third-order valence-corrected chi connectivity index (χ3v) is 7.64. The minimum absolute atomic E-state index is 0.0931. The maximum Gasteiger partial charge on any atom is 0.301 e. The number of nitrogens with zero attached hydrogens (tertiary/aromatic N) is 5. The van der Waals surface area contributed by atoms with Gasteiger partial charge in [-0.2, -0.15) is 4.98 Å². The predicted molar refractivity (Wildman–Crippen MR) is 149 cm³/mol. The summed E-state index contributed by atoms with van der Waals surface area (Å²) in [7, 11) is 0. The standard InChI is InChI=1S/C29H30N8O/c1-29(2)16-30-11-10-23(29)35-27-25-19(17-7-8-17)14-31-15-21(25)33-26(37-27)18-9-12-32-24(13-18)36-28-34-20-5-3-4-6-22(20)38-28/h3-6,9,12-15,17,23,30H,7-8,10-11,16H2,1-2H3,(H,32,34,36)(H,33,35,37). The molecule has 7 rings (SSSR count). The molecule has 38 heavy (non-hydrogen) atoms. The SMILES string of the molecule is CC1(C)CNCCC1Nc1nc(-c2ccnc(Nc3nc4ccccc4o3)c2)nc2cncc(C3CC3)c12. The lowest BCUT2D eigenvalue weighted by atomic mass is 9.80. The van der Waals surface area contributed by atoms with E-state index in [4.69, 9.17) is 14.4 Å². The van der Waals surface area contributed by atoms with E-state index in [0.29, 0.717) is 29.6 Å². The molecule has 1 unspecified atom stereocenters. The highest BCUT2D eigenvalue weighted by atomic mass is 16.4. The van der Waals surface area contributed by atoms with Crippen molar-refractivity contribution in [3.05, 3.63) is 60.6 Å². The quantitative estimate of drug-likeness (QED) is 0.269. The van der Waals surface area contributed by atoms with Crippen LogP contribution in [0.15, 0.2) is 59.4 Å². The molecule has 4 aromatic heterocycles. The molecular weight excluding hydrogens is 476 g/mol. The third-order valence-electron chi connectivity index (χ3n) is 7.64. The predicted octanol–water partition coefficient (Wildman–Crippen LogP) is 5.65. The van der Waals surface area contributed by atoms with Crippen molar-refractivity contribution >= 4 is 39.7 Å². The van der Waals surface area contributed by atoms with E-state index in [1.54, 1.807) is 6.20 Å². The number of aromatic nitrogens is 5. The lowest BCUT2D eigenvalue weighted by molar-refractivity contribution is 0.236. The zero-order chi connectivity index (χ0) is 25.7. The number of anilines is 3. The van der Waals surface area contributed by atoms with Crippen LogP contribution in [-0.2, 0) is 0 Å². The Morgan fingerprint density at radius 2 is 1.89 bits per heavy atom. The van der Waals surface area contributed by atoms with Gasteiger partial charge in [-0.1, -0.05) is 26.0 Å². The molecule has 2 aliphatic rings.